The Hall–Kier alpha value is -0.0200. The van der Waals surface area contributed by atoms with Crippen molar-refractivity contribution in [3.8, 4) is 0 Å². The van der Waals surface area contributed by atoms with Crippen LogP contribution < -0.4 is 0 Å². The highest BCUT2D eigenvalue weighted by Gasteiger charge is 2.31. The van der Waals surface area contributed by atoms with Crippen molar-refractivity contribution in [2.45, 2.75) is 27.2 Å². The molecule has 0 bridgehead atoms. The van der Waals surface area contributed by atoms with E-state index >= 15 is 0 Å². The lowest BCUT2D eigenvalue weighted by Crippen LogP contribution is -2.26. The lowest BCUT2D eigenvalue weighted by Gasteiger charge is -2.32. The first-order valence-corrected chi connectivity index (χ1v) is 8.18. The molecule has 1 rings (SSSR count). The van der Waals surface area contributed by atoms with E-state index in [1.807, 2.05) is 29.6 Å². The molecule has 0 fully saturated rings. The Morgan fingerprint density at radius 2 is 1.94 bits per heavy atom. The summed E-state index contributed by atoms with van der Waals surface area (Å²) in [5.74, 6) is 4.95. The van der Waals surface area contributed by atoms with Gasteiger partial charge in [-0.2, -0.15) is 23.5 Å². The Labute approximate surface area is 108 Å². The molecule has 0 spiro atoms. The minimum atomic E-state index is -0.0426. The predicted molar refractivity (Wildman–Crippen MR) is 77.5 cm³/mol. The van der Waals surface area contributed by atoms with Gasteiger partial charge in [0.2, 0.25) is 0 Å². The molecule has 0 aromatic carbocycles. The van der Waals surface area contributed by atoms with Crippen LogP contribution in [0.2, 0.25) is 0 Å². The standard InChI is InChI=1S/C13H22OS2/c1-4-15-9-11-6-7-12(14)13(3,8-11)10-16-5-2/h6-7,14H,4-5,8-10H2,1-3H3. The predicted octanol–water partition coefficient (Wildman–Crippen LogP) is 4.27. The molecule has 0 aromatic rings. The summed E-state index contributed by atoms with van der Waals surface area (Å²) < 4.78 is 0. The van der Waals surface area contributed by atoms with Crippen LogP contribution in [0, 0.1) is 5.41 Å². The number of hydrogen-bond acceptors (Lipinski definition) is 3. The van der Waals surface area contributed by atoms with Crippen molar-refractivity contribution in [1.82, 2.24) is 0 Å². The summed E-state index contributed by atoms with van der Waals surface area (Å²) in [7, 11) is 0. The lowest BCUT2D eigenvalue weighted by molar-refractivity contribution is 0.257. The molecule has 3 heteroatoms. The SMILES string of the molecule is CCSCC1=CC=C(O)C(C)(CSCC)C1. The van der Waals surface area contributed by atoms with Crippen molar-refractivity contribution in [3.63, 3.8) is 0 Å². The van der Waals surface area contributed by atoms with Gasteiger partial charge in [0.25, 0.3) is 0 Å². The van der Waals surface area contributed by atoms with Crippen LogP contribution in [-0.2, 0) is 0 Å². The fourth-order valence-corrected chi connectivity index (χ4v) is 3.40. The second kappa shape index (κ2) is 6.65. The summed E-state index contributed by atoms with van der Waals surface area (Å²) in [4.78, 5) is 0. The third-order valence-corrected chi connectivity index (χ3v) is 5.06. The van der Waals surface area contributed by atoms with E-state index in [1.165, 1.54) is 5.57 Å². The van der Waals surface area contributed by atoms with E-state index in [2.05, 4.69) is 26.8 Å². The minimum Gasteiger partial charge on any atom is -0.512 e. The number of aliphatic hydroxyl groups excluding tert-OH is 1. The summed E-state index contributed by atoms with van der Waals surface area (Å²) >= 11 is 3.86. The van der Waals surface area contributed by atoms with Crippen molar-refractivity contribution in [1.29, 1.82) is 0 Å². The van der Waals surface area contributed by atoms with Crippen LogP contribution in [0.3, 0.4) is 0 Å². The van der Waals surface area contributed by atoms with Gasteiger partial charge in [-0.3, -0.25) is 0 Å². The molecule has 1 aliphatic carbocycles. The minimum absolute atomic E-state index is 0.0426. The Morgan fingerprint density at radius 1 is 1.25 bits per heavy atom. The van der Waals surface area contributed by atoms with Gasteiger partial charge in [-0.05, 0) is 24.0 Å². The van der Waals surface area contributed by atoms with Crippen LogP contribution in [0.5, 0.6) is 0 Å². The van der Waals surface area contributed by atoms with E-state index < -0.39 is 0 Å². The number of allylic oxidation sites excluding steroid dienone is 3. The number of rotatable bonds is 6. The van der Waals surface area contributed by atoms with Gasteiger partial charge in [-0.25, -0.2) is 0 Å². The van der Waals surface area contributed by atoms with Crippen molar-refractivity contribution in [2.24, 2.45) is 5.41 Å². The van der Waals surface area contributed by atoms with Crippen LogP contribution in [-0.4, -0.2) is 28.1 Å². The zero-order valence-corrected chi connectivity index (χ0v) is 12.1. The van der Waals surface area contributed by atoms with Gasteiger partial charge in [0, 0.05) is 16.9 Å². The highest BCUT2D eigenvalue weighted by atomic mass is 32.2. The summed E-state index contributed by atoms with van der Waals surface area (Å²) in [5, 5.41) is 9.99. The zero-order valence-electron chi connectivity index (χ0n) is 10.5. The maximum Gasteiger partial charge on any atom is 0.0992 e. The largest absolute Gasteiger partial charge is 0.512 e. The van der Waals surface area contributed by atoms with E-state index in [9.17, 15) is 5.11 Å². The summed E-state index contributed by atoms with van der Waals surface area (Å²) in [6.45, 7) is 6.53. The Kier molecular flexibility index (Phi) is 5.84. The van der Waals surface area contributed by atoms with Crippen LogP contribution in [0.25, 0.3) is 0 Å². The number of aliphatic hydroxyl groups is 1. The Balaban J connectivity index is 2.62. The maximum absolute atomic E-state index is 9.99. The first kappa shape index (κ1) is 14.0. The molecule has 16 heavy (non-hydrogen) atoms. The second-order valence-corrected chi connectivity index (χ2v) is 6.94. The molecular weight excluding hydrogens is 236 g/mol. The van der Waals surface area contributed by atoms with Gasteiger partial charge in [-0.15, -0.1) is 0 Å². The highest BCUT2D eigenvalue weighted by Crippen LogP contribution is 2.39. The van der Waals surface area contributed by atoms with Gasteiger partial charge < -0.3 is 5.11 Å². The average Bonchev–Trinajstić information content (AvgIpc) is 2.28. The van der Waals surface area contributed by atoms with Crippen LogP contribution in [0.4, 0.5) is 0 Å². The lowest BCUT2D eigenvalue weighted by atomic mass is 9.80. The maximum atomic E-state index is 9.99. The molecule has 0 radical (unpaired) electrons. The third kappa shape index (κ3) is 3.77. The number of hydrogen-bond donors (Lipinski definition) is 1. The summed E-state index contributed by atoms with van der Waals surface area (Å²) in [5.41, 5.74) is 1.42. The first-order chi connectivity index (χ1) is 7.62. The molecular formula is C13H22OS2. The van der Waals surface area contributed by atoms with Gasteiger partial charge in [0.1, 0.15) is 0 Å². The molecule has 1 atom stereocenters. The van der Waals surface area contributed by atoms with E-state index in [-0.39, 0.29) is 5.41 Å². The van der Waals surface area contributed by atoms with Crippen LogP contribution >= 0.6 is 23.5 Å². The van der Waals surface area contributed by atoms with Crippen molar-refractivity contribution < 1.29 is 5.11 Å². The van der Waals surface area contributed by atoms with Gasteiger partial charge in [0.05, 0.1) is 5.76 Å². The van der Waals surface area contributed by atoms with Gasteiger partial charge >= 0.3 is 0 Å². The smallest absolute Gasteiger partial charge is 0.0992 e. The summed E-state index contributed by atoms with van der Waals surface area (Å²) in [6.07, 6.45) is 5.00. The Bertz CT molecular complexity index is 284. The zero-order chi connectivity index (χ0) is 12.0. The van der Waals surface area contributed by atoms with Crippen LogP contribution in [0.1, 0.15) is 27.2 Å². The van der Waals surface area contributed by atoms with E-state index in [0.717, 1.165) is 29.4 Å². The molecule has 1 nitrogen and oxygen atoms in total. The monoisotopic (exact) mass is 258 g/mol. The molecule has 1 unspecified atom stereocenters. The molecule has 0 amide bonds. The van der Waals surface area contributed by atoms with Crippen molar-refractivity contribution in [3.05, 3.63) is 23.5 Å². The molecule has 1 N–H and O–H groups in total. The summed E-state index contributed by atoms with van der Waals surface area (Å²) in [6, 6.07) is 0. The average molecular weight is 258 g/mol. The van der Waals surface area contributed by atoms with E-state index in [4.69, 9.17) is 0 Å². The third-order valence-electron chi connectivity index (χ3n) is 2.83. The van der Waals surface area contributed by atoms with E-state index in [1.54, 1.807) is 0 Å². The number of thioether (sulfide) groups is 2. The molecule has 92 valence electrons. The van der Waals surface area contributed by atoms with E-state index in [0.29, 0.717) is 5.76 Å². The molecule has 0 saturated heterocycles. The fourth-order valence-electron chi connectivity index (χ4n) is 1.83. The highest BCUT2D eigenvalue weighted by molar-refractivity contribution is 7.99. The normalized spacial score (nSPS) is 25.2. The quantitative estimate of drug-likeness (QED) is 0.768. The van der Waals surface area contributed by atoms with Crippen molar-refractivity contribution in [2.75, 3.05) is 23.0 Å². The van der Waals surface area contributed by atoms with Gasteiger partial charge in [-0.1, -0.05) is 32.4 Å². The molecule has 1 aliphatic rings. The fraction of sp³-hybridized carbons (Fsp3) is 0.692. The molecule has 0 saturated carbocycles. The van der Waals surface area contributed by atoms with Gasteiger partial charge in [0.15, 0.2) is 0 Å². The Morgan fingerprint density at radius 3 is 2.56 bits per heavy atom. The second-order valence-electron chi connectivity index (χ2n) is 4.39. The first-order valence-electron chi connectivity index (χ1n) is 5.87. The molecule has 0 heterocycles. The topological polar surface area (TPSA) is 20.2 Å². The van der Waals surface area contributed by atoms with Crippen molar-refractivity contribution >= 4 is 23.5 Å². The molecule has 0 aliphatic heterocycles. The van der Waals surface area contributed by atoms with Crippen LogP contribution in [0.15, 0.2) is 23.5 Å². The molecule has 0 aromatic heterocycles.